The van der Waals surface area contributed by atoms with E-state index >= 15 is 0 Å². The highest BCUT2D eigenvalue weighted by atomic mass is 32.1. The van der Waals surface area contributed by atoms with Gasteiger partial charge in [-0.25, -0.2) is 18.3 Å². The molecule has 3 aromatic rings. The number of hydrogen-bond donors (Lipinski definition) is 0. The highest BCUT2D eigenvalue weighted by molar-refractivity contribution is 7.16. The van der Waals surface area contributed by atoms with Gasteiger partial charge in [0.05, 0.1) is 11.9 Å². The monoisotopic (exact) mass is 307 g/mol. The van der Waals surface area contributed by atoms with E-state index in [0.29, 0.717) is 16.6 Å². The number of rotatable bonds is 3. The van der Waals surface area contributed by atoms with Crippen molar-refractivity contribution in [2.75, 3.05) is 0 Å². The van der Waals surface area contributed by atoms with Crippen LogP contribution in [0.4, 0.5) is 8.78 Å². The second-order valence-corrected chi connectivity index (χ2v) is 6.57. The normalized spacial score (nSPS) is 11.7. The summed E-state index contributed by atoms with van der Waals surface area (Å²) in [6.07, 6.45) is 2.53. The summed E-state index contributed by atoms with van der Waals surface area (Å²) in [4.78, 5) is 5.05. The molecule has 0 radical (unpaired) electrons. The summed E-state index contributed by atoms with van der Waals surface area (Å²) in [6, 6.07) is 2.38. The molecule has 0 bridgehead atoms. The van der Waals surface area contributed by atoms with Gasteiger partial charge in [0.25, 0.3) is 0 Å². The first-order chi connectivity index (χ1) is 9.94. The van der Waals surface area contributed by atoms with Crippen molar-refractivity contribution in [2.24, 2.45) is 5.92 Å². The van der Waals surface area contributed by atoms with Gasteiger partial charge in [-0.2, -0.15) is 5.10 Å². The molecule has 0 fully saturated rings. The molecule has 0 aliphatic heterocycles. The standard InChI is InChI=1S/C15H15F2N3S/c1-8(2)4-14-19-20-7-13(18-15(20)21-14)10-6-11(16)9(3)5-12(10)17/h5-8H,4H2,1-3H3. The summed E-state index contributed by atoms with van der Waals surface area (Å²) in [6.45, 7) is 5.79. The van der Waals surface area contributed by atoms with E-state index in [4.69, 9.17) is 0 Å². The summed E-state index contributed by atoms with van der Waals surface area (Å²) >= 11 is 1.48. The Bertz CT molecular complexity index is 773. The quantitative estimate of drug-likeness (QED) is 0.724. The van der Waals surface area contributed by atoms with Gasteiger partial charge in [0.2, 0.25) is 4.96 Å². The number of hydrogen-bond acceptors (Lipinski definition) is 3. The lowest BCUT2D eigenvalue weighted by molar-refractivity contribution is 0.595. The molecule has 0 atom stereocenters. The molecular weight excluding hydrogens is 292 g/mol. The Morgan fingerprint density at radius 1 is 1.24 bits per heavy atom. The van der Waals surface area contributed by atoms with Crippen molar-refractivity contribution in [1.82, 2.24) is 14.6 Å². The molecule has 21 heavy (non-hydrogen) atoms. The van der Waals surface area contributed by atoms with Crippen LogP contribution in [-0.2, 0) is 6.42 Å². The predicted molar refractivity (Wildman–Crippen MR) is 79.5 cm³/mol. The molecule has 1 aromatic carbocycles. The third kappa shape index (κ3) is 2.68. The van der Waals surface area contributed by atoms with Crippen LogP contribution >= 0.6 is 11.3 Å². The van der Waals surface area contributed by atoms with E-state index in [1.165, 1.54) is 30.4 Å². The van der Waals surface area contributed by atoms with Crippen LogP contribution in [0.5, 0.6) is 0 Å². The fourth-order valence-electron chi connectivity index (χ4n) is 2.15. The van der Waals surface area contributed by atoms with E-state index in [-0.39, 0.29) is 11.1 Å². The van der Waals surface area contributed by atoms with Crippen LogP contribution in [0.2, 0.25) is 0 Å². The second kappa shape index (κ2) is 5.18. The molecule has 2 heterocycles. The minimum Gasteiger partial charge on any atom is -0.217 e. The van der Waals surface area contributed by atoms with Crippen molar-refractivity contribution < 1.29 is 8.78 Å². The van der Waals surface area contributed by atoms with Gasteiger partial charge >= 0.3 is 0 Å². The molecule has 110 valence electrons. The number of aryl methyl sites for hydroxylation is 1. The molecule has 6 heteroatoms. The van der Waals surface area contributed by atoms with E-state index in [1.54, 1.807) is 10.7 Å². The third-order valence-electron chi connectivity index (χ3n) is 3.19. The number of aromatic nitrogens is 3. The van der Waals surface area contributed by atoms with Gasteiger partial charge in [0, 0.05) is 12.0 Å². The summed E-state index contributed by atoms with van der Waals surface area (Å²) in [5, 5.41) is 5.42. The van der Waals surface area contributed by atoms with E-state index < -0.39 is 11.6 Å². The molecule has 0 amide bonds. The molecule has 2 aromatic heterocycles. The highest BCUT2D eigenvalue weighted by Gasteiger charge is 2.15. The summed E-state index contributed by atoms with van der Waals surface area (Å²) in [5.41, 5.74) is 0.858. The van der Waals surface area contributed by atoms with Gasteiger partial charge in [-0.1, -0.05) is 25.2 Å². The maximum atomic E-state index is 14.0. The topological polar surface area (TPSA) is 30.2 Å². The molecule has 0 saturated heterocycles. The Kier molecular flexibility index (Phi) is 3.49. The van der Waals surface area contributed by atoms with Crippen molar-refractivity contribution in [3.05, 3.63) is 40.5 Å². The van der Waals surface area contributed by atoms with Gasteiger partial charge in [-0.3, -0.25) is 0 Å². The predicted octanol–water partition coefficient (Wildman–Crippen LogP) is 4.24. The maximum absolute atomic E-state index is 14.0. The second-order valence-electron chi connectivity index (χ2n) is 5.53. The van der Waals surface area contributed by atoms with Crippen LogP contribution < -0.4 is 0 Å². The Balaban J connectivity index is 2.02. The Morgan fingerprint density at radius 3 is 2.67 bits per heavy atom. The Labute approximate surface area is 125 Å². The smallest absolute Gasteiger partial charge is 0.212 e. The third-order valence-corrected chi connectivity index (χ3v) is 4.14. The lowest BCUT2D eigenvalue weighted by Gasteiger charge is -2.02. The van der Waals surface area contributed by atoms with Crippen molar-refractivity contribution in [1.29, 1.82) is 0 Å². The van der Waals surface area contributed by atoms with Crippen molar-refractivity contribution in [3.63, 3.8) is 0 Å². The van der Waals surface area contributed by atoms with Crippen molar-refractivity contribution in [3.8, 4) is 11.3 Å². The molecule has 0 aliphatic rings. The number of nitrogens with zero attached hydrogens (tertiary/aromatic N) is 3. The molecule has 3 rings (SSSR count). The minimum atomic E-state index is -0.470. The van der Waals surface area contributed by atoms with Crippen molar-refractivity contribution in [2.45, 2.75) is 27.2 Å². The average molecular weight is 307 g/mol. The van der Waals surface area contributed by atoms with Crippen LogP contribution in [0, 0.1) is 24.5 Å². The fraction of sp³-hybridized carbons (Fsp3) is 0.333. The van der Waals surface area contributed by atoms with Crippen LogP contribution in [0.15, 0.2) is 18.3 Å². The Morgan fingerprint density at radius 2 is 2.00 bits per heavy atom. The molecule has 0 spiro atoms. The molecule has 3 nitrogen and oxygen atoms in total. The first-order valence-corrected chi connectivity index (χ1v) is 7.57. The summed E-state index contributed by atoms with van der Waals surface area (Å²) < 4.78 is 29.2. The fourth-order valence-corrected chi connectivity index (χ4v) is 3.23. The first-order valence-electron chi connectivity index (χ1n) is 6.75. The first kappa shape index (κ1) is 14.1. The summed E-state index contributed by atoms with van der Waals surface area (Å²) in [5.74, 6) is -0.387. The summed E-state index contributed by atoms with van der Waals surface area (Å²) in [7, 11) is 0. The number of halogens is 2. The van der Waals surface area contributed by atoms with Crippen LogP contribution in [0.25, 0.3) is 16.2 Å². The van der Waals surface area contributed by atoms with E-state index in [2.05, 4.69) is 23.9 Å². The van der Waals surface area contributed by atoms with Crippen LogP contribution in [0.1, 0.15) is 24.4 Å². The van der Waals surface area contributed by atoms with Crippen LogP contribution in [-0.4, -0.2) is 14.6 Å². The lowest BCUT2D eigenvalue weighted by Crippen LogP contribution is -1.94. The zero-order chi connectivity index (χ0) is 15.1. The number of benzene rings is 1. The number of fused-ring (bicyclic) bond motifs is 1. The van der Waals surface area contributed by atoms with Gasteiger partial charge in [0.15, 0.2) is 0 Å². The van der Waals surface area contributed by atoms with E-state index in [0.717, 1.165) is 11.4 Å². The molecule has 0 aliphatic carbocycles. The Hall–Kier alpha value is -1.82. The SMILES string of the molecule is Cc1cc(F)c(-c2cn3nc(CC(C)C)sc3n2)cc1F. The van der Waals surface area contributed by atoms with Gasteiger partial charge in [-0.15, -0.1) is 0 Å². The van der Waals surface area contributed by atoms with E-state index in [9.17, 15) is 8.78 Å². The number of imidazole rings is 1. The highest BCUT2D eigenvalue weighted by Crippen LogP contribution is 2.27. The zero-order valence-electron chi connectivity index (χ0n) is 12.0. The zero-order valence-corrected chi connectivity index (χ0v) is 12.8. The average Bonchev–Trinajstić information content (AvgIpc) is 2.90. The minimum absolute atomic E-state index is 0.168. The molecule has 0 unspecified atom stereocenters. The van der Waals surface area contributed by atoms with Crippen molar-refractivity contribution >= 4 is 16.3 Å². The van der Waals surface area contributed by atoms with Crippen LogP contribution in [0.3, 0.4) is 0 Å². The van der Waals surface area contributed by atoms with Gasteiger partial charge < -0.3 is 0 Å². The van der Waals surface area contributed by atoms with Gasteiger partial charge in [0.1, 0.15) is 16.6 Å². The largest absolute Gasteiger partial charge is 0.217 e. The van der Waals surface area contributed by atoms with Gasteiger partial charge in [-0.05, 0) is 30.5 Å². The molecule has 0 saturated carbocycles. The maximum Gasteiger partial charge on any atom is 0.212 e. The molecular formula is C15H15F2N3S. The van der Waals surface area contributed by atoms with E-state index in [1.807, 2.05) is 0 Å². The lowest BCUT2D eigenvalue weighted by atomic mass is 10.1. The molecule has 0 N–H and O–H groups in total.